The molecule has 0 saturated carbocycles. The molecule has 1 aromatic carbocycles. The summed E-state index contributed by atoms with van der Waals surface area (Å²) in [5.41, 5.74) is 0.861. The van der Waals surface area contributed by atoms with Gasteiger partial charge in [-0.1, -0.05) is 11.6 Å². The van der Waals surface area contributed by atoms with Gasteiger partial charge < -0.3 is 0 Å². The molecule has 0 aliphatic carbocycles. The molecule has 2 aromatic rings. The van der Waals surface area contributed by atoms with Crippen molar-refractivity contribution in [3.8, 4) is 0 Å². The maximum absolute atomic E-state index is 13.0. The third kappa shape index (κ3) is 1.38. The van der Waals surface area contributed by atoms with Crippen molar-refractivity contribution in [1.29, 1.82) is 0 Å². The van der Waals surface area contributed by atoms with Crippen molar-refractivity contribution in [1.82, 2.24) is 4.98 Å². The number of pyridine rings is 1. The largest absolute Gasteiger partial charge is 0.261 e. The minimum atomic E-state index is -0.389. The van der Waals surface area contributed by atoms with E-state index in [9.17, 15) is 4.39 Å². The summed E-state index contributed by atoms with van der Waals surface area (Å²) in [6, 6.07) is 4.79. The SMILES string of the molecule is Cc1nccc2cc(F)c(Cl)cc12. The Morgan fingerprint density at radius 1 is 1.38 bits per heavy atom. The first-order valence-electron chi connectivity index (χ1n) is 3.89. The summed E-state index contributed by atoms with van der Waals surface area (Å²) in [6.45, 7) is 1.87. The maximum atomic E-state index is 13.0. The highest BCUT2D eigenvalue weighted by atomic mass is 35.5. The molecule has 0 unspecified atom stereocenters. The number of halogens is 2. The van der Waals surface area contributed by atoms with Crippen molar-refractivity contribution in [2.75, 3.05) is 0 Å². The van der Waals surface area contributed by atoms with E-state index in [1.165, 1.54) is 6.07 Å². The normalized spacial score (nSPS) is 10.7. The Bertz CT molecular complexity index is 468. The summed E-state index contributed by atoms with van der Waals surface area (Å²) >= 11 is 5.66. The van der Waals surface area contributed by atoms with Crippen molar-refractivity contribution >= 4 is 22.4 Å². The van der Waals surface area contributed by atoms with Crippen LogP contribution in [0.4, 0.5) is 4.39 Å². The highest BCUT2D eigenvalue weighted by molar-refractivity contribution is 6.31. The molecule has 1 aromatic heterocycles. The molecule has 1 nitrogen and oxygen atoms in total. The number of aromatic nitrogens is 1. The molecular formula is C10H7ClFN. The highest BCUT2D eigenvalue weighted by Gasteiger charge is 2.03. The zero-order valence-electron chi connectivity index (χ0n) is 7.01. The fourth-order valence-corrected chi connectivity index (χ4v) is 1.48. The monoisotopic (exact) mass is 195 g/mol. The van der Waals surface area contributed by atoms with Crippen LogP contribution in [0.1, 0.15) is 5.69 Å². The first-order chi connectivity index (χ1) is 6.18. The Balaban J connectivity index is 2.89. The molecule has 0 spiro atoms. The van der Waals surface area contributed by atoms with Crippen LogP contribution in [0, 0.1) is 12.7 Å². The summed E-state index contributed by atoms with van der Waals surface area (Å²) < 4.78 is 13.0. The van der Waals surface area contributed by atoms with Gasteiger partial charge in [-0.3, -0.25) is 4.98 Å². The van der Waals surface area contributed by atoms with Crippen LogP contribution in [0.2, 0.25) is 5.02 Å². The minimum absolute atomic E-state index is 0.142. The van der Waals surface area contributed by atoms with Crippen molar-refractivity contribution in [2.45, 2.75) is 6.92 Å². The number of aryl methyl sites for hydroxylation is 1. The number of rotatable bonds is 0. The minimum Gasteiger partial charge on any atom is -0.261 e. The molecule has 66 valence electrons. The average Bonchev–Trinajstić information content (AvgIpc) is 2.09. The molecule has 0 aliphatic rings. The second-order valence-electron chi connectivity index (χ2n) is 2.88. The van der Waals surface area contributed by atoms with E-state index < -0.39 is 0 Å². The second kappa shape index (κ2) is 2.96. The molecule has 0 N–H and O–H groups in total. The van der Waals surface area contributed by atoms with Gasteiger partial charge in [-0.05, 0) is 30.5 Å². The van der Waals surface area contributed by atoms with Crippen LogP contribution in [0.25, 0.3) is 10.8 Å². The van der Waals surface area contributed by atoms with Gasteiger partial charge in [-0.25, -0.2) is 4.39 Å². The molecular weight excluding hydrogens is 189 g/mol. The lowest BCUT2D eigenvalue weighted by atomic mass is 10.1. The number of nitrogens with zero attached hydrogens (tertiary/aromatic N) is 1. The Morgan fingerprint density at radius 3 is 2.92 bits per heavy atom. The number of hydrogen-bond acceptors (Lipinski definition) is 1. The van der Waals surface area contributed by atoms with E-state index in [1.807, 2.05) is 6.92 Å². The highest BCUT2D eigenvalue weighted by Crippen LogP contribution is 2.23. The fraction of sp³-hybridized carbons (Fsp3) is 0.100. The van der Waals surface area contributed by atoms with Gasteiger partial charge in [0.2, 0.25) is 0 Å². The van der Waals surface area contributed by atoms with E-state index in [0.717, 1.165) is 16.5 Å². The van der Waals surface area contributed by atoms with E-state index in [2.05, 4.69) is 4.98 Å². The van der Waals surface area contributed by atoms with Gasteiger partial charge in [-0.15, -0.1) is 0 Å². The maximum Gasteiger partial charge on any atom is 0.142 e. The lowest BCUT2D eigenvalue weighted by Crippen LogP contribution is -1.85. The Kier molecular flexibility index (Phi) is 1.93. The third-order valence-corrected chi connectivity index (χ3v) is 2.29. The zero-order valence-corrected chi connectivity index (χ0v) is 7.77. The van der Waals surface area contributed by atoms with Crippen LogP contribution in [0.5, 0.6) is 0 Å². The van der Waals surface area contributed by atoms with E-state index in [-0.39, 0.29) is 10.8 Å². The van der Waals surface area contributed by atoms with E-state index in [1.54, 1.807) is 18.3 Å². The molecule has 0 amide bonds. The second-order valence-corrected chi connectivity index (χ2v) is 3.29. The van der Waals surface area contributed by atoms with Gasteiger partial charge in [0, 0.05) is 17.3 Å². The standard InChI is InChI=1S/C10H7ClFN/c1-6-8-5-9(11)10(12)4-7(8)2-3-13-6/h2-5H,1H3. The van der Waals surface area contributed by atoms with Crippen molar-refractivity contribution in [2.24, 2.45) is 0 Å². The van der Waals surface area contributed by atoms with Gasteiger partial charge >= 0.3 is 0 Å². The van der Waals surface area contributed by atoms with Gasteiger partial charge in [0.15, 0.2) is 0 Å². The van der Waals surface area contributed by atoms with Crippen LogP contribution in [-0.4, -0.2) is 4.98 Å². The topological polar surface area (TPSA) is 12.9 Å². The Labute approximate surface area is 80.2 Å². The molecule has 3 heteroatoms. The van der Waals surface area contributed by atoms with E-state index in [0.29, 0.717) is 0 Å². The number of benzene rings is 1. The molecule has 0 bridgehead atoms. The average molecular weight is 196 g/mol. The predicted octanol–water partition coefficient (Wildman–Crippen LogP) is 3.34. The molecule has 0 aliphatic heterocycles. The van der Waals surface area contributed by atoms with Gasteiger partial charge in [0.25, 0.3) is 0 Å². The molecule has 0 fully saturated rings. The quantitative estimate of drug-likeness (QED) is 0.628. The Hall–Kier alpha value is -1.15. The van der Waals surface area contributed by atoms with Gasteiger partial charge in [-0.2, -0.15) is 0 Å². The summed E-state index contributed by atoms with van der Waals surface area (Å²) in [6.07, 6.45) is 1.66. The third-order valence-electron chi connectivity index (χ3n) is 2.00. The summed E-state index contributed by atoms with van der Waals surface area (Å²) in [5, 5.41) is 1.87. The Morgan fingerprint density at radius 2 is 2.15 bits per heavy atom. The summed E-state index contributed by atoms with van der Waals surface area (Å²) in [5.74, 6) is -0.389. The van der Waals surface area contributed by atoms with Crippen LogP contribution >= 0.6 is 11.6 Å². The lowest BCUT2D eigenvalue weighted by Gasteiger charge is -2.01. The van der Waals surface area contributed by atoms with E-state index >= 15 is 0 Å². The molecule has 2 rings (SSSR count). The molecule has 0 radical (unpaired) electrons. The summed E-state index contributed by atoms with van der Waals surface area (Å²) in [7, 11) is 0. The van der Waals surface area contributed by atoms with Gasteiger partial charge in [0.1, 0.15) is 5.82 Å². The lowest BCUT2D eigenvalue weighted by molar-refractivity contribution is 0.630. The molecule has 0 saturated heterocycles. The zero-order chi connectivity index (χ0) is 9.42. The molecule has 1 heterocycles. The van der Waals surface area contributed by atoms with Crippen LogP contribution in [-0.2, 0) is 0 Å². The fourth-order valence-electron chi connectivity index (χ4n) is 1.31. The van der Waals surface area contributed by atoms with Crippen molar-refractivity contribution in [3.63, 3.8) is 0 Å². The number of hydrogen-bond donors (Lipinski definition) is 0. The molecule has 0 atom stereocenters. The van der Waals surface area contributed by atoms with Crippen molar-refractivity contribution in [3.05, 3.63) is 40.9 Å². The first kappa shape index (κ1) is 8.45. The predicted molar refractivity (Wildman–Crippen MR) is 51.4 cm³/mol. The smallest absolute Gasteiger partial charge is 0.142 e. The van der Waals surface area contributed by atoms with Crippen molar-refractivity contribution < 1.29 is 4.39 Å². The summed E-state index contributed by atoms with van der Waals surface area (Å²) in [4.78, 5) is 4.10. The van der Waals surface area contributed by atoms with Crippen LogP contribution in [0.3, 0.4) is 0 Å². The van der Waals surface area contributed by atoms with Gasteiger partial charge in [0.05, 0.1) is 5.02 Å². The molecule has 13 heavy (non-hydrogen) atoms. The van der Waals surface area contributed by atoms with E-state index in [4.69, 9.17) is 11.6 Å². The number of fused-ring (bicyclic) bond motifs is 1. The van der Waals surface area contributed by atoms with Crippen LogP contribution < -0.4 is 0 Å². The first-order valence-corrected chi connectivity index (χ1v) is 4.26. The van der Waals surface area contributed by atoms with Crippen LogP contribution in [0.15, 0.2) is 24.4 Å².